The number of nitrogens with zero attached hydrogens (tertiary/aromatic N) is 1. The van der Waals surface area contributed by atoms with Crippen LogP contribution in [0.2, 0.25) is 0 Å². The number of hydrogen-bond donors (Lipinski definition) is 2. The van der Waals surface area contributed by atoms with Crippen LogP contribution in [0.3, 0.4) is 0 Å². The summed E-state index contributed by atoms with van der Waals surface area (Å²) in [6.45, 7) is 0.159. The van der Waals surface area contributed by atoms with E-state index in [2.05, 4.69) is 5.32 Å². The third-order valence-corrected chi connectivity index (χ3v) is 3.85. The SMILES string of the molecule is N#CC1(NCCO)CCS(=O)(=O)C1. The van der Waals surface area contributed by atoms with Gasteiger partial charge in [0.25, 0.3) is 0 Å². The minimum absolute atomic E-state index is 0.0546. The number of β-amino-alcohol motifs (C(OH)–C–C–N with tert-alkyl or cyclic N) is 1. The fourth-order valence-corrected chi connectivity index (χ4v) is 3.28. The van der Waals surface area contributed by atoms with Gasteiger partial charge in [0, 0.05) is 6.54 Å². The Hall–Kier alpha value is -0.640. The van der Waals surface area contributed by atoms with Gasteiger partial charge in [0.15, 0.2) is 9.84 Å². The Morgan fingerprint density at radius 1 is 1.62 bits per heavy atom. The van der Waals surface area contributed by atoms with E-state index in [0.717, 1.165) is 0 Å². The summed E-state index contributed by atoms with van der Waals surface area (Å²) >= 11 is 0. The second-order valence-electron chi connectivity index (χ2n) is 3.19. The molecule has 1 heterocycles. The molecule has 5 nitrogen and oxygen atoms in total. The van der Waals surface area contributed by atoms with Gasteiger partial charge in [-0.25, -0.2) is 8.42 Å². The molecule has 0 saturated carbocycles. The zero-order valence-electron chi connectivity index (χ0n) is 7.15. The van der Waals surface area contributed by atoms with Crippen molar-refractivity contribution in [3.63, 3.8) is 0 Å². The summed E-state index contributed by atoms with van der Waals surface area (Å²) in [6, 6.07) is 1.97. The van der Waals surface area contributed by atoms with Crippen LogP contribution < -0.4 is 5.32 Å². The number of aliphatic hydroxyl groups excluding tert-OH is 1. The molecule has 0 aromatic carbocycles. The predicted molar refractivity (Wildman–Crippen MR) is 46.7 cm³/mol. The third kappa shape index (κ3) is 2.40. The van der Waals surface area contributed by atoms with Crippen molar-refractivity contribution in [2.45, 2.75) is 12.0 Å². The Kier molecular flexibility index (Phi) is 2.91. The zero-order chi connectivity index (χ0) is 9.95. The molecule has 0 amide bonds. The van der Waals surface area contributed by atoms with Gasteiger partial charge in [-0.15, -0.1) is 0 Å². The summed E-state index contributed by atoms with van der Waals surface area (Å²) in [7, 11) is -3.06. The standard InChI is InChI=1S/C7H12N2O3S/c8-5-7(9-2-3-10)1-4-13(11,12)6-7/h9-10H,1-4,6H2. The summed E-state index contributed by atoms with van der Waals surface area (Å²) < 4.78 is 22.2. The molecule has 1 unspecified atom stereocenters. The molecule has 2 N–H and O–H groups in total. The Bertz CT molecular complexity index is 319. The lowest BCUT2D eigenvalue weighted by molar-refractivity contribution is 0.277. The van der Waals surface area contributed by atoms with Crippen LogP contribution in [0.5, 0.6) is 0 Å². The third-order valence-electron chi connectivity index (χ3n) is 2.10. The molecule has 0 spiro atoms. The van der Waals surface area contributed by atoms with Crippen LogP contribution in [0.25, 0.3) is 0 Å². The largest absolute Gasteiger partial charge is 0.395 e. The van der Waals surface area contributed by atoms with Gasteiger partial charge >= 0.3 is 0 Å². The van der Waals surface area contributed by atoms with Crippen molar-refractivity contribution in [2.75, 3.05) is 24.7 Å². The van der Waals surface area contributed by atoms with Crippen molar-refractivity contribution < 1.29 is 13.5 Å². The second kappa shape index (κ2) is 3.62. The molecule has 13 heavy (non-hydrogen) atoms. The van der Waals surface area contributed by atoms with Crippen LogP contribution in [0, 0.1) is 11.3 Å². The summed E-state index contributed by atoms with van der Waals surface area (Å²) in [5.41, 5.74) is -0.971. The monoisotopic (exact) mass is 204 g/mol. The van der Waals surface area contributed by atoms with Crippen molar-refractivity contribution in [3.8, 4) is 6.07 Å². The molecule has 1 aliphatic heterocycles. The first-order valence-electron chi connectivity index (χ1n) is 4.01. The highest BCUT2D eigenvalue weighted by molar-refractivity contribution is 7.91. The van der Waals surface area contributed by atoms with Crippen LogP contribution in [-0.2, 0) is 9.84 Å². The van der Waals surface area contributed by atoms with Crippen LogP contribution in [0.15, 0.2) is 0 Å². The average Bonchev–Trinajstić information content (AvgIpc) is 2.40. The number of aliphatic hydroxyl groups is 1. The van der Waals surface area contributed by atoms with Crippen molar-refractivity contribution in [2.24, 2.45) is 0 Å². The van der Waals surface area contributed by atoms with Crippen molar-refractivity contribution in [1.29, 1.82) is 5.26 Å². The molecule has 0 aliphatic carbocycles. The molecule has 74 valence electrons. The lowest BCUT2D eigenvalue weighted by atomic mass is 10.0. The quantitative estimate of drug-likeness (QED) is 0.593. The van der Waals surface area contributed by atoms with E-state index < -0.39 is 15.4 Å². The highest BCUT2D eigenvalue weighted by atomic mass is 32.2. The topological polar surface area (TPSA) is 90.2 Å². The maximum absolute atomic E-state index is 11.1. The molecule has 1 saturated heterocycles. The minimum Gasteiger partial charge on any atom is -0.395 e. The molecule has 1 atom stereocenters. The second-order valence-corrected chi connectivity index (χ2v) is 5.37. The first kappa shape index (κ1) is 10.4. The molecular weight excluding hydrogens is 192 g/mol. The fraction of sp³-hybridized carbons (Fsp3) is 0.857. The number of nitriles is 1. The van der Waals surface area contributed by atoms with Crippen molar-refractivity contribution in [3.05, 3.63) is 0 Å². The number of nitrogens with one attached hydrogen (secondary N) is 1. The number of sulfone groups is 1. The van der Waals surface area contributed by atoms with E-state index in [0.29, 0.717) is 6.42 Å². The van der Waals surface area contributed by atoms with Gasteiger partial charge in [0.1, 0.15) is 5.54 Å². The summed E-state index contributed by atoms with van der Waals surface area (Å²) in [5, 5.41) is 20.1. The van der Waals surface area contributed by atoms with Gasteiger partial charge in [0.05, 0.1) is 24.2 Å². The smallest absolute Gasteiger partial charge is 0.153 e. The highest BCUT2D eigenvalue weighted by Crippen LogP contribution is 2.22. The summed E-state index contributed by atoms with van der Waals surface area (Å²) in [6.07, 6.45) is 0.311. The van der Waals surface area contributed by atoms with E-state index in [-0.39, 0.29) is 24.7 Å². The summed E-state index contributed by atoms with van der Waals surface area (Å²) in [4.78, 5) is 0. The van der Waals surface area contributed by atoms with E-state index in [1.54, 1.807) is 0 Å². The Morgan fingerprint density at radius 3 is 2.69 bits per heavy atom. The maximum atomic E-state index is 11.1. The van der Waals surface area contributed by atoms with Crippen LogP contribution >= 0.6 is 0 Å². The van der Waals surface area contributed by atoms with Crippen LogP contribution in [0.4, 0.5) is 0 Å². The van der Waals surface area contributed by atoms with Crippen LogP contribution in [-0.4, -0.2) is 43.7 Å². The lowest BCUT2D eigenvalue weighted by Gasteiger charge is -2.19. The molecule has 0 bridgehead atoms. The van der Waals surface area contributed by atoms with E-state index in [1.165, 1.54) is 0 Å². The van der Waals surface area contributed by atoms with Gasteiger partial charge < -0.3 is 5.11 Å². The van der Waals surface area contributed by atoms with Crippen LogP contribution in [0.1, 0.15) is 6.42 Å². The molecule has 0 radical (unpaired) electrons. The zero-order valence-corrected chi connectivity index (χ0v) is 7.97. The molecule has 1 rings (SSSR count). The first-order valence-corrected chi connectivity index (χ1v) is 5.83. The fourth-order valence-electron chi connectivity index (χ4n) is 1.41. The highest BCUT2D eigenvalue weighted by Gasteiger charge is 2.42. The van der Waals surface area contributed by atoms with E-state index in [4.69, 9.17) is 10.4 Å². The van der Waals surface area contributed by atoms with E-state index in [1.807, 2.05) is 6.07 Å². The van der Waals surface area contributed by atoms with Gasteiger partial charge in [-0.2, -0.15) is 5.26 Å². The Balaban J connectivity index is 2.70. The first-order chi connectivity index (χ1) is 6.04. The molecular formula is C7H12N2O3S. The molecule has 0 aromatic heterocycles. The van der Waals surface area contributed by atoms with Gasteiger partial charge in [-0.05, 0) is 6.42 Å². The summed E-state index contributed by atoms with van der Waals surface area (Å²) in [5.74, 6) is -0.0878. The van der Waals surface area contributed by atoms with Crippen molar-refractivity contribution >= 4 is 9.84 Å². The maximum Gasteiger partial charge on any atom is 0.153 e. The Morgan fingerprint density at radius 2 is 2.31 bits per heavy atom. The average molecular weight is 204 g/mol. The Labute approximate surface area is 77.3 Å². The molecule has 1 fully saturated rings. The van der Waals surface area contributed by atoms with E-state index >= 15 is 0 Å². The van der Waals surface area contributed by atoms with E-state index in [9.17, 15) is 8.42 Å². The minimum atomic E-state index is -3.06. The van der Waals surface area contributed by atoms with Gasteiger partial charge in [-0.1, -0.05) is 0 Å². The lowest BCUT2D eigenvalue weighted by Crippen LogP contribution is -2.46. The normalized spacial score (nSPS) is 31.4. The van der Waals surface area contributed by atoms with Gasteiger partial charge in [0.2, 0.25) is 0 Å². The number of rotatable bonds is 3. The predicted octanol–water partition coefficient (Wildman–Crippen LogP) is -1.35. The van der Waals surface area contributed by atoms with Gasteiger partial charge in [-0.3, -0.25) is 5.32 Å². The number of hydrogen-bond acceptors (Lipinski definition) is 5. The molecule has 1 aliphatic rings. The van der Waals surface area contributed by atoms with Crippen molar-refractivity contribution in [1.82, 2.24) is 5.32 Å². The molecule has 0 aromatic rings. The molecule has 6 heteroatoms.